The molecule has 1 heterocycles. The summed E-state index contributed by atoms with van der Waals surface area (Å²) in [5.74, 6) is 2.75. The van der Waals surface area contributed by atoms with Crippen molar-refractivity contribution in [3.8, 4) is 28.1 Å². The smallest absolute Gasteiger partial charge is 0.233 e. The van der Waals surface area contributed by atoms with Crippen LogP contribution < -0.4 is 0 Å². The van der Waals surface area contributed by atoms with Gasteiger partial charge in [-0.2, -0.15) is 26.7 Å². The Morgan fingerprint density at radius 2 is 1.20 bits per heavy atom. The second kappa shape index (κ2) is 11.8. The van der Waals surface area contributed by atoms with Crippen molar-refractivity contribution in [1.29, 1.82) is 0 Å². The van der Waals surface area contributed by atoms with E-state index in [2.05, 4.69) is 20.0 Å². The minimum atomic E-state index is -4.64. The highest BCUT2D eigenvalue weighted by molar-refractivity contribution is 8.06. The molecular formula is C33H26F3N3O3S2. The van der Waals surface area contributed by atoms with E-state index < -0.39 is 31.6 Å². The van der Waals surface area contributed by atoms with Crippen LogP contribution in [0.15, 0.2) is 117 Å². The van der Waals surface area contributed by atoms with Crippen LogP contribution in [0.1, 0.15) is 27.9 Å². The molecule has 0 aliphatic carbocycles. The maximum atomic E-state index is 14.1. The third-order valence-corrected chi connectivity index (χ3v) is 10.4. The average molecular weight is 634 g/mol. The van der Waals surface area contributed by atoms with Crippen LogP contribution in [-0.4, -0.2) is 22.4 Å². The minimum absolute atomic E-state index is 0.115. The standard InChI is InChI=1S/C33H26F3N3O3S2/c1-23-4-12-27(13-5-23)31-22-32(33(34,35)36)37-39(31)28-14-10-26(11-15-28)20-21-43(40,29-16-6-24(2)7-17-29)38-44(41,42)30-18-8-25(3)9-19-30/h4-19,22H,1-3H3. The summed E-state index contributed by atoms with van der Waals surface area (Å²) in [6.07, 6.45) is -4.64. The number of benzene rings is 4. The van der Waals surface area contributed by atoms with Gasteiger partial charge in [0.2, 0.25) is 0 Å². The first-order chi connectivity index (χ1) is 20.7. The molecule has 0 amide bonds. The second-order valence-electron chi connectivity index (χ2n) is 10.2. The molecular weight excluding hydrogens is 608 g/mol. The molecule has 6 nitrogen and oxygen atoms in total. The van der Waals surface area contributed by atoms with Gasteiger partial charge in [0.15, 0.2) is 15.4 Å². The van der Waals surface area contributed by atoms with Crippen molar-refractivity contribution in [1.82, 2.24) is 9.78 Å². The Bertz CT molecular complexity index is 2120. The molecule has 5 aromatic rings. The lowest BCUT2D eigenvalue weighted by molar-refractivity contribution is -0.141. The third kappa shape index (κ3) is 6.77. The highest BCUT2D eigenvalue weighted by Gasteiger charge is 2.35. The first-order valence-corrected chi connectivity index (χ1v) is 16.2. The number of hydrogen-bond acceptors (Lipinski definition) is 4. The Balaban J connectivity index is 1.56. The van der Waals surface area contributed by atoms with Gasteiger partial charge >= 0.3 is 6.18 Å². The average Bonchev–Trinajstić information content (AvgIpc) is 3.44. The van der Waals surface area contributed by atoms with Crippen LogP contribution in [0.5, 0.6) is 0 Å². The number of halogens is 3. The number of aromatic nitrogens is 2. The quantitative estimate of drug-likeness (QED) is 0.186. The zero-order chi connectivity index (χ0) is 31.7. The normalized spacial score (nSPS) is 13.0. The lowest BCUT2D eigenvalue weighted by Gasteiger charge is -2.08. The fraction of sp³-hybridized carbons (Fsp3) is 0.121. The van der Waals surface area contributed by atoms with Crippen LogP contribution in [0.4, 0.5) is 13.2 Å². The van der Waals surface area contributed by atoms with Crippen molar-refractivity contribution in [3.63, 3.8) is 0 Å². The summed E-state index contributed by atoms with van der Waals surface area (Å²) in [5, 5.41) is 6.39. The topological polar surface area (TPSA) is 81.4 Å². The summed E-state index contributed by atoms with van der Waals surface area (Å²) in [6, 6.07) is 26.6. The molecule has 44 heavy (non-hydrogen) atoms. The number of hydrogen-bond donors (Lipinski definition) is 0. The van der Waals surface area contributed by atoms with Gasteiger partial charge in [-0.05, 0) is 75.4 Å². The Kier molecular flexibility index (Phi) is 8.25. The number of alkyl halides is 3. The summed E-state index contributed by atoms with van der Waals surface area (Å²) in [7, 11) is -8.13. The largest absolute Gasteiger partial charge is 0.435 e. The van der Waals surface area contributed by atoms with Crippen LogP contribution in [0.2, 0.25) is 0 Å². The highest BCUT2D eigenvalue weighted by Crippen LogP contribution is 2.33. The molecule has 0 N–H and O–H groups in total. The first kappa shape index (κ1) is 30.8. The van der Waals surface area contributed by atoms with Crippen molar-refractivity contribution in [3.05, 3.63) is 131 Å². The molecule has 0 fully saturated rings. The molecule has 0 aliphatic rings. The van der Waals surface area contributed by atoms with Crippen LogP contribution in [-0.2, 0) is 25.9 Å². The summed E-state index contributed by atoms with van der Waals surface area (Å²) >= 11 is 0. The molecule has 4 aromatic carbocycles. The fourth-order valence-corrected chi connectivity index (χ4v) is 7.50. The molecule has 0 saturated carbocycles. The zero-order valence-corrected chi connectivity index (χ0v) is 25.5. The molecule has 5 rings (SSSR count). The summed E-state index contributed by atoms with van der Waals surface area (Å²) in [6.45, 7) is 5.52. The van der Waals surface area contributed by atoms with E-state index in [0.717, 1.165) is 22.8 Å². The summed E-state index contributed by atoms with van der Waals surface area (Å²) in [4.78, 5) is 0.0118. The van der Waals surface area contributed by atoms with Crippen LogP contribution >= 0.6 is 0 Å². The minimum Gasteiger partial charge on any atom is -0.233 e. The molecule has 1 aromatic heterocycles. The van der Waals surface area contributed by atoms with Gasteiger partial charge in [0.05, 0.1) is 21.2 Å². The Labute approximate surface area is 254 Å². The predicted octanol–water partition coefficient (Wildman–Crippen LogP) is 7.71. The van der Waals surface area contributed by atoms with Crippen molar-refractivity contribution in [2.24, 2.45) is 3.77 Å². The van der Waals surface area contributed by atoms with Gasteiger partial charge in [0.25, 0.3) is 10.0 Å². The van der Waals surface area contributed by atoms with E-state index in [9.17, 15) is 25.8 Å². The lowest BCUT2D eigenvalue weighted by Crippen LogP contribution is -2.07. The van der Waals surface area contributed by atoms with Gasteiger partial charge in [-0.3, -0.25) is 0 Å². The number of nitrogens with zero attached hydrogens (tertiary/aromatic N) is 3. The van der Waals surface area contributed by atoms with Gasteiger partial charge in [0, 0.05) is 16.4 Å². The van der Waals surface area contributed by atoms with E-state index in [1.807, 2.05) is 20.8 Å². The second-order valence-corrected chi connectivity index (χ2v) is 13.9. The highest BCUT2D eigenvalue weighted by atomic mass is 32.3. The van der Waals surface area contributed by atoms with Crippen LogP contribution in [0.25, 0.3) is 16.9 Å². The third-order valence-electron chi connectivity index (χ3n) is 6.66. The van der Waals surface area contributed by atoms with Gasteiger partial charge in [0.1, 0.15) is 0 Å². The van der Waals surface area contributed by atoms with E-state index in [0.29, 0.717) is 16.8 Å². The summed E-state index contributed by atoms with van der Waals surface area (Å²) < 4.78 is 86.2. The van der Waals surface area contributed by atoms with Gasteiger partial charge < -0.3 is 0 Å². The molecule has 11 heteroatoms. The predicted molar refractivity (Wildman–Crippen MR) is 164 cm³/mol. The molecule has 0 radical (unpaired) electrons. The van der Waals surface area contributed by atoms with Crippen LogP contribution in [0.3, 0.4) is 0 Å². The monoisotopic (exact) mass is 633 g/mol. The van der Waals surface area contributed by atoms with Gasteiger partial charge in [-0.15, -0.1) is 0 Å². The van der Waals surface area contributed by atoms with E-state index >= 15 is 0 Å². The Hall–Kier alpha value is -4.66. The zero-order valence-electron chi connectivity index (χ0n) is 23.8. The molecule has 0 spiro atoms. The lowest BCUT2D eigenvalue weighted by atomic mass is 10.1. The Morgan fingerprint density at radius 1 is 0.705 bits per heavy atom. The maximum Gasteiger partial charge on any atom is 0.435 e. The number of aryl methyl sites for hydroxylation is 3. The number of rotatable bonds is 5. The van der Waals surface area contributed by atoms with Crippen molar-refractivity contribution in [2.75, 3.05) is 0 Å². The van der Waals surface area contributed by atoms with E-state index in [4.69, 9.17) is 0 Å². The fourth-order valence-electron chi connectivity index (χ4n) is 4.20. The molecule has 0 bridgehead atoms. The summed E-state index contributed by atoms with van der Waals surface area (Å²) in [5.41, 5.74) is 3.13. The molecule has 0 saturated heterocycles. The Morgan fingerprint density at radius 3 is 1.73 bits per heavy atom. The van der Waals surface area contributed by atoms with Crippen molar-refractivity contribution in [2.45, 2.75) is 36.7 Å². The molecule has 1 unspecified atom stereocenters. The number of sulfonamides is 1. The van der Waals surface area contributed by atoms with E-state index in [1.165, 1.54) is 53.2 Å². The van der Waals surface area contributed by atoms with Gasteiger partial charge in [-0.1, -0.05) is 74.9 Å². The van der Waals surface area contributed by atoms with E-state index in [-0.39, 0.29) is 15.5 Å². The molecule has 0 aliphatic heterocycles. The molecule has 1 atom stereocenters. The van der Waals surface area contributed by atoms with Gasteiger partial charge in [-0.25, -0.2) is 8.89 Å². The van der Waals surface area contributed by atoms with Crippen molar-refractivity contribution < 1.29 is 25.8 Å². The maximum absolute atomic E-state index is 14.1. The first-order valence-electron chi connectivity index (χ1n) is 13.3. The molecule has 224 valence electrons. The SMILES string of the molecule is Cc1ccc(-c2cc(C(F)(F)F)nn2-c2ccc(C#CS(=O)(=NS(=O)(=O)c3ccc(C)cc3)c3ccc(C)cc3)cc2)cc1. The van der Waals surface area contributed by atoms with E-state index in [1.54, 1.807) is 48.5 Å². The van der Waals surface area contributed by atoms with Crippen LogP contribution in [0, 0.1) is 31.9 Å². The van der Waals surface area contributed by atoms with Crippen molar-refractivity contribution >= 4 is 19.8 Å².